The molecule has 1 heteroatoms. The maximum absolute atomic E-state index is 4.48. The smallest absolute Gasteiger partial charge is 0.0438 e. The van der Waals surface area contributed by atoms with Crippen LogP contribution in [0.25, 0.3) is 0 Å². The van der Waals surface area contributed by atoms with E-state index >= 15 is 0 Å². The van der Waals surface area contributed by atoms with E-state index in [4.69, 9.17) is 0 Å². The van der Waals surface area contributed by atoms with Crippen molar-refractivity contribution in [1.82, 2.24) is 4.98 Å². The van der Waals surface area contributed by atoms with Gasteiger partial charge in [-0.25, -0.2) is 0 Å². The molecule has 0 aliphatic heterocycles. The number of rotatable bonds is 2. The predicted molar refractivity (Wildman–Crippen MR) is 59.4 cm³/mol. The zero-order valence-corrected chi connectivity index (χ0v) is 9.16. The van der Waals surface area contributed by atoms with E-state index in [9.17, 15) is 0 Å². The molecule has 0 saturated carbocycles. The fourth-order valence-corrected chi connectivity index (χ4v) is 2.52. The topological polar surface area (TPSA) is 12.9 Å². The molecule has 1 heterocycles. The summed E-state index contributed by atoms with van der Waals surface area (Å²) in [7, 11) is 0. The Kier molecular flexibility index (Phi) is 2.85. The first-order valence-electron chi connectivity index (χ1n) is 5.71. The number of aryl methyl sites for hydroxylation is 1. The van der Waals surface area contributed by atoms with Gasteiger partial charge in [-0.05, 0) is 49.1 Å². The number of hydrogen-bond acceptors (Lipinski definition) is 1. The molecule has 1 aliphatic rings. The molecule has 0 spiro atoms. The lowest BCUT2D eigenvalue weighted by atomic mass is 9.81. The van der Waals surface area contributed by atoms with Crippen LogP contribution >= 0.6 is 0 Å². The highest BCUT2D eigenvalue weighted by Gasteiger charge is 2.21. The van der Waals surface area contributed by atoms with Gasteiger partial charge in [-0.15, -0.1) is 0 Å². The summed E-state index contributed by atoms with van der Waals surface area (Å²) in [5.41, 5.74) is 2.87. The van der Waals surface area contributed by atoms with E-state index in [-0.39, 0.29) is 0 Å². The Morgan fingerprint density at radius 2 is 2.36 bits per heavy atom. The van der Waals surface area contributed by atoms with Crippen LogP contribution < -0.4 is 0 Å². The summed E-state index contributed by atoms with van der Waals surface area (Å²) in [5, 5.41) is 0. The first-order valence-corrected chi connectivity index (χ1v) is 5.71. The van der Waals surface area contributed by atoms with Crippen LogP contribution in [0.4, 0.5) is 0 Å². The minimum atomic E-state index is 0.771. The normalized spacial score (nSPS) is 20.9. The maximum Gasteiger partial charge on any atom is 0.0438 e. The Bertz CT molecular complexity index is 304. The minimum Gasteiger partial charge on any atom is -0.261 e. The van der Waals surface area contributed by atoms with Gasteiger partial charge in [0.25, 0.3) is 0 Å². The molecular weight excluding hydrogens is 170 g/mol. The molecule has 76 valence electrons. The van der Waals surface area contributed by atoms with Gasteiger partial charge in [0.2, 0.25) is 0 Å². The summed E-state index contributed by atoms with van der Waals surface area (Å²) < 4.78 is 0. The largest absolute Gasteiger partial charge is 0.261 e. The molecule has 2 rings (SSSR count). The minimum absolute atomic E-state index is 0.771. The van der Waals surface area contributed by atoms with Gasteiger partial charge < -0.3 is 0 Å². The second-order valence-corrected chi connectivity index (χ2v) is 4.76. The molecule has 1 aliphatic carbocycles. The van der Waals surface area contributed by atoms with E-state index in [1.165, 1.54) is 36.9 Å². The van der Waals surface area contributed by atoms with Gasteiger partial charge in [-0.3, -0.25) is 4.98 Å². The summed E-state index contributed by atoms with van der Waals surface area (Å²) in [5.74, 6) is 1.57. The first kappa shape index (κ1) is 9.70. The third-order valence-electron chi connectivity index (χ3n) is 3.09. The average Bonchev–Trinajstić information content (AvgIpc) is 2.18. The van der Waals surface area contributed by atoms with Gasteiger partial charge in [-0.2, -0.15) is 0 Å². The Hall–Kier alpha value is -0.850. The molecule has 0 aromatic carbocycles. The first-order chi connectivity index (χ1) is 6.77. The number of pyridine rings is 1. The fourth-order valence-electron chi connectivity index (χ4n) is 2.52. The van der Waals surface area contributed by atoms with Crippen molar-refractivity contribution in [3.8, 4) is 0 Å². The lowest BCUT2D eigenvalue weighted by molar-refractivity contribution is 0.444. The molecule has 0 bridgehead atoms. The molecule has 0 fully saturated rings. The van der Waals surface area contributed by atoms with Crippen LogP contribution in [0.2, 0.25) is 0 Å². The van der Waals surface area contributed by atoms with Gasteiger partial charge in [0.1, 0.15) is 0 Å². The fraction of sp³-hybridized carbons (Fsp3) is 0.615. The molecule has 1 aromatic heterocycles. The highest BCUT2D eigenvalue weighted by Crippen LogP contribution is 2.34. The number of fused-ring (bicyclic) bond motifs is 1. The van der Waals surface area contributed by atoms with Crippen molar-refractivity contribution in [2.24, 2.45) is 5.92 Å². The maximum atomic E-state index is 4.48. The highest BCUT2D eigenvalue weighted by molar-refractivity contribution is 5.26. The van der Waals surface area contributed by atoms with E-state index in [1.807, 2.05) is 6.20 Å². The molecule has 1 aromatic rings. The molecule has 0 radical (unpaired) electrons. The number of nitrogens with zero attached hydrogens (tertiary/aromatic N) is 1. The molecule has 1 atom stereocenters. The van der Waals surface area contributed by atoms with E-state index < -0.39 is 0 Å². The van der Waals surface area contributed by atoms with Crippen LogP contribution in [-0.4, -0.2) is 4.98 Å². The number of aromatic nitrogens is 1. The molecular formula is C13H19N. The Balaban J connectivity index is 2.22. The van der Waals surface area contributed by atoms with Crippen molar-refractivity contribution < 1.29 is 0 Å². The molecule has 0 amide bonds. The van der Waals surface area contributed by atoms with Crippen molar-refractivity contribution in [3.05, 3.63) is 29.6 Å². The Morgan fingerprint density at radius 3 is 3.14 bits per heavy atom. The van der Waals surface area contributed by atoms with E-state index in [0.717, 1.165) is 11.8 Å². The highest BCUT2D eigenvalue weighted by atomic mass is 14.7. The standard InChI is InChI=1S/C13H19N/c1-10(2)9-11-5-3-7-13-12(11)6-4-8-14-13/h4,6,8,10-11H,3,5,7,9H2,1-2H3. The second-order valence-electron chi connectivity index (χ2n) is 4.76. The Labute approximate surface area is 86.6 Å². The summed E-state index contributed by atoms with van der Waals surface area (Å²) in [6.07, 6.45) is 7.11. The molecule has 0 saturated heterocycles. The zero-order valence-electron chi connectivity index (χ0n) is 9.16. The van der Waals surface area contributed by atoms with E-state index in [2.05, 4.69) is 31.0 Å². The van der Waals surface area contributed by atoms with Crippen LogP contribution in [0, 0.1) is 5.92 Å². The third kappa shape index (κ3) is 1.97. The van der Waals surface area contributed by atoms with Gasteiger partial charge in [0.15, 0.2) is 0 Å². The lowest BCUT2D eigenvalue weighted by Crippen LogP contribution is -2.12. The molecule has 14 heavy (non-hydrogen) atoms. The van der Waals surface area contributed by atoms with E-state index in [0.29, 0.717) is 0 Å². The van der Waals surface area contributed by atoms with Gasteiger partial charge in [0, 0.05) is 11.9 Å². The summed E-state index contributed by atoms with van der Waals surface area (Å²) in [6.45, 7) is 4.62. The van der Waals surface area contributed by atoms with Crippen molar-refractivity contribution in [2.45, 2.75) is 45.4 Å². The monoisotopic (exact) mass is 189 g/mol. The van der Waals surface area contributed by atoms with Gasteiger partial charge in [0.05, 0.1) is 0 Å². The van der Waals surface area contributed by atoms with Crippen molar-refractivity contribution >= 4 is 0 Å². The zero-order chi connectivity index (χ0) is 9.97. The summed E-state index contributed by atoms with van der Waals surface area (Å²) in [6, 6.07) is 4.35. The van der Waals surface area contributed by atoms with E-state index in [1.54, 1.807) is 0 Å². The molecule has 1 nitrogen and oxygen atoms in total. The van der Waals surface area contributed by atoms with Gasteiger partial charge in [-0.1, -0.05) is 19.9 Å². The van der Waals surface area contributed by atoms with Crippen molar-refractivity contribution in [1.29, 1.82) is 0 Å². The quantitative estimate of drug-likeness (QED) is 0.693. The van der Waals surface area contributed by atoms with Crippen LogP contribution in [-0.2, 0) is 6.42 Å². The predicted octanol–water partition coefficient (Wildman–Crippen LogP) is 3.55. The Morgan fingerprint density at radius 1 is 1.50 bits per heavy atom. The molecule has 0 N–H and O–H groups in total. The van der Waals surface area contributed by atoms with Crippen LogP contribution in [0.3, 0.4) is 0 Å². The second kappa shape index (κ2) is 4.12. The summed E-state index contributed by atoms with van der Waals surface area (Å²) in [4.78, 5) is 4.48. The summed E-state index contributed by atoms with van der Waals surface area (Å²) >= 11 is 0. The number of hydrogen-bond donors (Lipinski definition) is 0. The van der Waals surface area contributed by atoms with Crippen LogP contribution in [0.5, 0.6) is 0 Å². The van der Waals surface area contributed by atoms with Crippen molar-refractivity contribution in [2.75, 3.05) is 0 Å². The third-order valence-corrected chi connectivity index (χ3v) is 3.09. The van der Waals surface area contributed by atoms with Crippen LogP contribution in [0.15, 0.2) is 18.3 Å². The molecule has 1 unspecified atom stereocenters. The van der Waals surface area contributed by atoms with Gasteiger partial charge >= 0.3 is 0 Å². The van der Waals surface area contributed by atoms with Crippen LogP contribution in [0.1, 0.15) is 50.3 Å². The van der Waals surface area contributed by atoms with Crippen molar-refractivity contribution in [3.63, 3.8) is 0 Å². The average molecular weight is 189 g/mol. The lowest BCUT2D eigenvalue weighted by Gasteiger charge is -2.25. The SMILES string of the molecule is CC(C)CC1CCCc2ncccc21.